The molecule has 0 aromatic carbocycles. The minimum Gasteiger partial charge on any atom is -0.258 e. The Labute approximate surface area is 134 Å². The number of hydrogen-bond donors (Lipinski definition) is 0. The Morgan fingerprint density at radius 2 is 1.74 bits per heavy atom. The minimum absolute atomic E-state index is 0.180. The number of sulfone groups is 1. The molecule has 3 rings (SSSR count). The number of pyridine rings is 1. The predicted octanol–water partition coefficient (Wildman–Crippen LogP) is 1.73. The maximum absolute atomic E-state index is 12.6. The molecule has 0 aliphatic carbocycles. The van der Waals surface area contributed by atoms with E-state index in [1.54, 1.807) is 19.1 Å². The van der Waals surface area contributed by atoms with E-state index >= 15 is 0 Å². The second kappa shape index (κ2) is 5.38. The summed E-state index contributed by atoms with van der Waals surface area (Å²) in [5.74, 6) is 0.112. The van der Waals surface area contributed by atoms with Crippen LogP contribution in [-0.4, -0.2) is 33.0 Å². The zero-order chi connectivity index (χ0) is 16.8. The molecule has 3 heterocycles. The predicted molar refractivity (Wildman–Crippen MR) is 84.9 cm³/mol. The second-order valence-corrected chi connectivity index (χ2v) is 7.48. The van der Waals surface area contributed by atoms with Gasteiger partial charge in [-0.2, -0.15) is 4.98 Å². The Balaban J connectivity index is 2.04. The number of nitrogens with zero attached hydrogens (tertiary/aromatic N) is 5. The smallest absolute Gasteiger partial charge is 0.258 e. The van der Waals surface area contributed by atoms with Gasteiger partial charge in [-0.3, -0.25) is 4.98 Å². The molecule has 3 aromatic rings. The Morgan fingerprint density at radius 3 is 2.43 bits per heavy atom. The average Bonchev–Trinajstić information content (AvgIpc) is 2.87. The summed E-state index contributed by atoms with van der Waals surface area (Å²) in [5, 5.41) is 3.89. The van der Waals surface area contributed by atoms with Gasteiger partial charge in [0.15, 0.2) is 0 Å². The molecule has 0 radical (unpaired) electrons. The van der Waals surface area contributed by atoms with E-state index in [4.69, 9.17) is 0 Å². The third-order valence-electron chi connectivity index (χ3n) is 3.56. The van der Waals surface area contributed by atoms with E-state index in [1.165, 1.54) is 4.52 Å². The van der Waals surface area contributed by atoms with Crippen molar-refractivity contribution in [1.82, 2.24) is 24.6 Å². The van der Waals surface area contributed by atoms with Gasteiger partial charge in [-0.1, -0.05) is 6.07 Å². The molecule has 7 nitrogen and oxygen atoms in total. The number of aryl methyl sites for hydroxylation is 4. The lowest BCUT2D eigenvalue weighted by atomic mass is 10.2. The number of fused-ring (bicyclic) bond motifs is 1. The highest BCUT2D eigenvalue weighted by Gasteiger charge is 2.23. The van der Waals surface area contributed by atoms with E-state index in [9.17, 15) is 8.42 Å². The summed E-state index contributed by atoms with van der Waals surface area (Å²) in [5.41, 5.74) is 3.75. The third-order valence-corrected chi connectivity index (χ3v) is 4.98. The van der Waals surface area contributed by atoms with Crippen LogP contribution in [0, 0.1) is 27.7 Å². The summed E-state index contributed by atoms with van der Waals surface area (Å²) in [7, 11) is -3.66. The Bertz CT molecular complexity index is 1010. The molecule has 0 saturated carbocycles. The van der Waals surface area contributed by atoms with Crippen molar-refractivity contribution in [2.24, 2.45) is 0 Å². The summed E-state index contributed by atoms with van der Waals surface area (Å²) in [6.07, 6.45) is 0. The van der Waals surface area contributed by atoms with Crippen LogP contribution in [0.15, 0.2) is 23.4 Å². The van der Waals surface area contributed by atoms with Crippen molar-refractivity contribution < 1.29 is 8.42 Å². The maximum Gasteiger partial charge on any atom is 0.269 e. The van der Waals surface area contributed by atoms with Gasteiger partial charge in [0.05, 0.1) is 5.75 Å². The molecule has 120 valence electrons. The lowest BCUT2D eigenvalue weighted by Gasteiger charge is -2.05. The molecule has 23 heavy (non-hydrogen) atoms. The van der Waals surface area contributed by atoms with Gasteiger partial charge in [0, 0.05) is 22.8 Å². The van der Waals surface area contributed by atoms with Gasteiger partial charge in [-0.15, -0.1) is 5.10 Å². The van der Waals surface area contributed by atoms with E-state index in [-0.39, 0.29) is 10.9 Å². The minimum atomic E-state index is -3.66. The monoisotopic (exact) mass is 331 g/mol. The summed E-state index contributed by atoms with van der Waals surface area (Å²) < 4.78 is 26.7. The van der Waals surface area contributed by atoms with Crippen LogP contribution in [-0.2, 0) is 15.6 Å². The first-order valence-electron chi connectivity index (χ1n) is 7.13. The van der Waals surface area contributed by atoms with Gasteiger partial charge >= 0.3 is 0 Å². The van der Waals surface area contributed by atoms with Gasteiger partial charge in [0.1, 0.15) is 0 Å². The van der Waals surface area contributed by atoms with Crippen molar-refractivity contribution in [3.63, 3.8) is 0 Å². The Morgan fingerprint density at radius 1 is 1.00 bits per heavy atom. The van der Waals surface area contributed by atoms with Crippen molar-refractivity contribution in [2.75, 3.05) is 0 Å². The molecule has 8 heteroatoms. The van der Waals surface area contributed by atoms with Gasteiger partial charge in [-0.25, -0.2) is 17.9 Å². The van der Waals surface area contributed by atoms with Crippen LogP contribution in [0.4, 0.5) is 0 Å². The topological polar surface area (TPSA) is 90.1 Å². The van der Waals surface area contributed by atoms with Crippen molar-refractivity contribution in [2.45, 2.75) is 38.6 Å². The zero-order valence-corrected chi connectivity index (χ0v) is 14.2. The molecule has 0 spiro atoms. The van der Waals surface area contributed by atoms with Crippen LogP contribution in [0.5, 0.6) is 0 Å². The summed E-state index contributed by atoms with van der Waals surface area (Å²) in [6.45, 7) is 7.33. The molecule has 0 saturated heterocycles. The molecule has 0 aliphatic heterocycles. The van der Waals surface area contributed by atoms with Crippen LogP contribution < -0.4 is 0 Å². The van der Waals surface area contributed by atoms with Gasteiger partial charge in [0.25, 0.3) is 10.9 Å². The zero-order valence-electron chi connectivity index (χ0n) is 13.4. The largest absolute Gasteiger partial charge is 0.269 e. The molecular formula is C15H17N5O2S. The van der Waals surface area contributed by atoms with Crippen molar-refractivity contribution >= 4 is 15.6 Å². The fourth-order valence-electron chi connectivity index (χ4n) is 2.42. The van der Waals surface area contributed by atoms with Crippen LogP contribution in [0.25, 0.3) is 5.78 Å². The summed E-state index contributed by atoms with van der Waals surface area (Å²) in [4.78, 5) is 12.6. The Hall–Kier alpha value is -2.35. The van der Waals surface area contributed by atoms with Crippen LogP contribution in [0.3, 0.4) is 0 Å². The van der Waals surface area contributed by atoms with Gasteiger partial charge in [-0.05, 0) is 45.4 Å². The highest BCUT2D eigenvalue weighted by atomic mass is 32.2. The summed E-state index contributed by atoms with van der Waals surface area (Å²) >= 11 is 0. The first-order chi connectivity index (χ1) is 10.8. The SMILES string of the molecule is Cc1ccc(CS(=O)(=O)c2nc3nc(C)cc(C)n3n2)c(C)n1. The quantitative estimate of drug-likeness (QED) is 0.726. The van der Waals surface area contributed by atoms with E-state index in [0.717, 1.165) is 17.1 Å². The molecule has 0 aliphatic rings. The van der Waals surface area contributed by atoms with Crippen LogP contribution >= 0.6 is 0 Å². The lowest BCUT2D eigenvalue weighted by Crippen LogP contribution is -2.09. The third kappa shape index (κ3) is 2.94. The molecule has 0 fully saturated rings. The van der Waals surface area contributed by atoms with Crippen LogP contribution in [0.2, 0.25) is 0 Å². The van der Waals surface area contributed by atoms with Gasteiger partial charge < -0.3 is 0 Å². The molecular weight excluding hydrogens is 314 g/mol. The van der Waals surface area contributed by atoms with Gasteiger partial charge in [0.2, 0.25) is 9.84 Å². The van der Waals surface area contributed by atoms with Crippen LogP contribution in [0.1, 0.15) is 28.3 Å². The molecule has 0 bridgehead atoms. The van der Waals surface area contributed by atoms with E-state index in [0.29, 0.717) is 17.0 Å². The normalized spacial score (nSPS) is 12.0. The fraction of sp³-hybridized carbons (Fsp3) is 0.333. The first-order valence-corrected chi connectivity index (χ1v) is 8.78. The molecule has 0 atom stereocenters. The fourth-order valence-corrected chi connectivity index (χ4v) is 3.69. The molecule has 3 aromatic heterocycles. The van der Waals surface area contributed by atoms with E-state index < -0.39 is 9.84 Å². The first kappa shape index (κ1) is 15.5. The summed E-state index contributed by atoms with van der Waals surface area (Å²) in [6, 6.07) is 5.40. The van der Waals surface area contributed by atoms with Crippen molar-refractivity contribution in [3.05, 3.63) is 46.5 Å². The van der Waals surface area contributed by atoms with E-state index in [2.05, 4.69) is 20.1 Å². The highest BCUT2D eigenvalue weighted by Crippen LogP contribution is 2.17. The lowest BCUT2D eigenvalue weighted by molar-refractivity contribution is 0.585. The number of hydrogen-bond acceptors (Lipinski definition) is 6. The highest BCUT2D eigenvalue weighted by molar-refractivity contribution is 7.90. The van der Waals surface area contributed by atoms with E-state index in [1.807, 2.05) is 26.8 Å². The van der Waals surface area contributed by atoms with Crippen molar-refractivity contribution in [1.29, 1.82) is 0 Å². The number of rotatable bonds is 3. The number of aromatic nitrogens is 5. The average molecular weight is 331 g/mol. The molecule has 0 unspecified atom stereocenters. The Kier molecular flexibility index (Phi) is 3.63. The maximum atomic E-state index is 12.6. The second-order valence-electron chi connectivity index (χ2n) is 5.60. The molecule has 0 amide bonds. The van der Waals surface area contributed by atoms with Crippen molar-refractivity contribution in [3.8, 4) is 0 Å². The molecule has 0 N–H and O–H groups in total. The standard InChI is InChI=1S/C15H17N5O2S/c1-9-5-6-13(12(4)16-9)8-23(21,22)15-18-14-17-10(2)7-11(3)20(14)19-15/h5-7H,8H2,1-4H3.